The van der Waals surface area contributed by atoms with Crippen LogP contribution in [0.5, 0.6) is 0 Å². The summed E-state index contributed by atoms with van der Waals surface area (Å²) < 4.78 is 24.7. The number of nitrogens with one attached hydrogen (secondary N) is 1. The van der Waals surface area contributed by atoms with Gasteiger partial charge < -0.3 is 10.2 Å². The molecule has 0 aromatic rings. The molecule has 0 amide bonds. The Balaban J connectivity index is 4.32. The Morgan fingerprint density at radius 3 is 2.47 bits per heavy atom. The van der Waals surface area contributed by atoms with E-state index < -0.39 is 22.0 Å². The standard InChI is InChI=1S/C8H17NO5S/c1-2-3-6-15(13,14)9-7(4-5-10)8(11)12/h7,9-10H,2-6H2,1H3,(H,11,12). The zero-order valence-electron chi connectivity index (χ0n) is 8.64. The summed E-state index contributed by atoms with van der Waals surface area (Å²) in [5.74, 6) is -1.36. The van der Waals surface area contributed by atoms with E-state index in [0.29, 0.717) is 6.42 Å². The van der Waals surface area contributed by atoms with Crippen LogP contribution in [-0.4, -0.2) is 43.0 Å². The van der Waals surface area contributed by atoms with E-state index in [1.54, 1.807) is 0 Å². The number of aliphatic carboxylic acids is 1. The third-order valence-corrected chi connectivity index (χ3v) is 3.27. The van der Waals surface area contributed by atoms with Crippen molar-refractivity contribution in [1.29, 1.82) is 0 Å². The number of carbonyl (C=O) groups is 1. The number of carboxylic acids is 1. The molecule has 0 aliphatic carbocycles. The highest BCUT2D eigenvalue weighted by Crippen LogP contribution is 1.99. The molecule has 6 nitrogen and oxygen atoms in total. The topological polar surface area (TPSA) is 104 Å². The molecule has 1 atom stereocenters. The maximum Gasteiger partial charge on any atom is 0.321 e. The molecule has 0 aliphatic heterocycles. The normalized spacial score (nSPS) is 13.7. The summed E-state index contributed by atoms with van der Waals surface area (Å²) in [6.45, 7) is 1.48. The summed E-state index contributed by atoms with van der Waals surface area (Å²) in [6, 6.07) is -1.24. The largest absolute Gasteiger partial charge is 0.480 e. The number of carboxylic acid groups (broad SMARTS) is 1. The lowest BCUT2D eigenvalue weighted by Crippen LogP contribution is -2.42. The van der Waals surface area contributed by atoms with E-state index in [1.165, 1.54) is 0 Å². The molecule has 1 unspecified atom stereocenters. The van der Waals surface area contributed by atoms with Gasteiger partial charge in [0.05, 0.1) is 5.75 Å². The molecule has 7 heteroatoms. The van der Waals surface area contributed by atoms with E-state index in [1.807, 2.05) is 11.6 Å². The second-order valence-electron chi connectivity index (χ2n) is 3.19. The molecule has 0 heterocycles. The van der Waals surface area contributed by atoms with Crippen molar-refractivity contribution >= 4 is 16.0 Å². The van der Waals surface area contributed by atoms with E-state index in [4.69, 9.17) is 10.2 Å². The number of aliphatic hydroxyl groups excluding tert-OH is 1. The number of aliphatic hydroxyl groups is 1. The van der Waals surface area contributed by atoms with Crippen LogP contribution < -0.4 is 4.72 Å². The van der Waals surface area contributed by atoms with Gasteiger partial charge in [-0.25, -0.2) is 13.1 Å². The van der Waals surface area contributed by atoms with Gasteiger partial charge in [0.1, 0.15) is 6.04 Å². The third-order valence-electron chi connectivity index (χ3n) is 1.80. The Labute approximate surface area is 89.4 Å². The molecule has 0 bridgehead atoms. The maximum atomic E-state index is 11.3. The van der Waals surface area contributed by atoms with Crippen molar-refractivity contribution in [2.45, 2.75) is 32.2 Å². The van der Waals surface area contributed by atoms with Gasteiger partial charge in [-0.15, -0.1) is 0 Å². The maximum absolute atomic E-state index is 11.3. The van der Waals surface area contributed by atoms with Crippen molar-refractivity contribution in [3.05, 3.63) is 0 Å². The second-order valence-corrected chi connectivity index (χ2v) is 5.07. The minimum Gasteiger partial charge on any atom is -0.480 e. The molecule has 0 radical (unpaired) electrons. The van der Waals surface area contributed by atoms with Gasteiger partial charge in [0.2, 0.25) is 10.0 Å². The molecule has 0 rings (SSSR count). The van der Waals surface area contributed by atoms with Gasteiger partial charge in [-0.05, 0) is 12.8 Å². The molecule has 90 valence electrons. The summed E-state index contributed by atoms with van der Waals surface area (Å²) in [4.78, 5) is 10.6. The van der Waals surface area contributed by atoms with Crippen LogP contribution >= 0.6 is 0 Å². The first-order chi connectivity index (χ1) is 6.93. The average Bonchev–Trinajstić information content (AvgIpc) is 2.14. The molecule has 0 aliphatic rings. The van der Waals surface area contributed by atoms with Crippen LogP contribution in [0.4, 0.5) is 0 Å². The monoisotopic (exact) mass is 239 g/mol. The van der Waals surface area contributed by atoms with Crippen LogP contribution in [0, 0.1) is 0 Å². The number of hydrogen-bond acceptors (Lipinski definition) is 4. The first-order valence-electron chi connectivity index (χ1n) is 4.76. The van der Waals surface area contributed by atoms with Gasteiger partial charge in [-0.2, -0.15) is 0 Å². The average molecular weight is 239 g/mol. The second kappa shape index (κ2) is 6.76. The summed E-state index contributed by atoms with van der Waals surface area (Å²) in [7, 11) is -3.55. The molecule has 0 saturated heterocycles. The smallest absolute Gasteiger partial charge is 0.321 e. The highest BCUT2D eigenvalue weighted by molar-refractivity contribution is 7.89. The summed E-state index contributed by atoms with van der Waals surface area (Å²) in [5.41, 5.74) is 0. The highest BCUT2D eigenvalue weighted by atomic mass is 32.2. The third kappa shape index (κ3) is 6.43. The van der Waals surface area contributed by atoms with Crippen molar-refractivity contribution in [2.75, 3.05) is 12.4 Å². The molecule has 15 heavy (non-hydrogen) atoms. The number of unbranched alkanes of at least 4 members (excludes halogenated alkanes) is 1. The lowest BCUT2D eigenvalue weighted by molar-refractivity contribution is -0.139. The SMILES string of the molecule is CCCCS(=O)(=O)NC(CCO)C(=O)O. The van der Waals surface area contributed by atoms with E-state index in [2.05, 4.69) is 0 Å². The summed E-state index contributed by atoms with van der Waals surface area (Å²) in [5, 5.41) is 17.2. The molecular formula is C8H17NO5S. The quantitative estimate of drug-likeness (QED) is 0.532. The molecular weight excluding hydrogens is 222 g/mol. The Hall–Kier alpha value is -0.660. The predicted molar refractivity (Wildman–Crippen MR) is 55.0 cm³/mol. The van der Waals surface area contributed by atoms with Crippen molar-refractivity contribution < 1.29 is 23.4 Å². The van der Waals surface area contributed by atoms with Crippen LogP contribution in [0.3, 0.4) is 0 Å². The Morgan fingerprint density at radius 2 is 2.07 bits per heavy atom. The van der Waals surface area contributed by atoms with Gasteiger partial charge in [0.25, 0.3) is 0 Å². The minimum atomic E-state index is -3.55. The van der Waals surface area contributed by atoms with Crippen molar-refractivity contribution in [1.82, 2.24) is 4.72 Å². The molecule has 0 aromatic carbocycles. The summed E-state index contributed by atoms with van der Waals surface area (Å²) >= 11 is 0. The fourth-order valence-corrected chi connectivity index (χ4v) is 2.41. The lowest BCUT2D eigenvalue weighted by atomic mass is 10.2. The van der Waals surface area contributed by atoms with Crippen LogP contribution in [0.25, 0.3) is 0 Å². The summed E-state index contributed by atoms with van der Waals surface area (Å²) in [6.07, 6.45) is 1.08. The molecule has 0 aromatic heterocycles. The van der Waals surface area contributed by atoms with Crippen LogP contribution in [-0.2, 0) is 14.8 Å². The molecule has 0 saturated carbocycles. The fraction of sp³-hybridized carbons (Fsp3) is 0.875. The van der Waals surface area contributed by atoms with Gasteiger partial charge in [-0.1, -0.05) is 13.3 Å². The van der Waals surface area contributed by atoms with Gasteiger partial charge in [0.15, 0.2) is 0 Å². The van der Waals surface area contributed by atoms with Gasteiger partial charge >= 0.3 is 5.97 Å². The Bertz CT molecular complexity index is 287. The Morgan fingerprint density at radius 1 is 1.47 bits per heavy atom. The van der Waals surface area contributed by atoms with Crippen LogP contribution in [0.15, 0.2) is 0 Å². The predicted octanol–water partition coefficient (Wildman–Crippen LogP) is -0.458. The van der Waals surface area contributed by atoms with Crippen molar-refractivity contribution in [3.63, 3.8) is 0 Å². The zero-order valence-corrected chi connectivity index (χ0v) is 9.46. The minimum absolute atomic E-state index is 0.0846. The number of hydrogen-bond donors (Lipinski definition) is 3. The van der Waals surface area contributed by atoms with Crippen LogP contribution in [0.2, 0.25) is 0 Å². The van der Waals surface area contributed by atoms with Crippen molar-refractivity contribution in [3.8, 4) is 0 Å². The van der Waals surface area contributed by atoms with E-state index >= 15 is 0 Å². The van der Waals surface area contributed by atoms with Crippen LogP contribution in [0.1, 0.15) is 26.2 Å². The van der Waals surface area contributed by atoms with Crippen molar-refractivity contribution in [2.24, 2.45) is 0 Å². The number of rotatable bonds is 8. The number of sulfonamides is 1. The Kier molecular flexibility index (Phi) is 6.46. The molecule has 0 spiro atoms. The van der Waals surface area contributed by atoms with E-state index in [-0.39, 0.29) is 18.8 Å². The highest BCUT2D eigenvalue weighted by Gasteiger charge is 2.22. The lowest BCUT2D eigenvalue weighted by Gasteiger charge is -2.13. The molecule has 3 N–H and O–H groups in total. The zero-order chi connectivity index (χ0) is 11.9. The first kappa shape index (κ1) is 14.3. The van der Waals surface area contributed by atoms with E-state index in [9.17, 15) is 13.2 Å². The fourth-order valence-electron chi connectivity index (χ4n) is 0.972. The van der Waals surface area contributed by atoms with Gasteiger partial charge in [-0.3, -0.25) is 4.79 Å². The van der Waals surface area contributed by atoms with Gasteiger partial charge in [0, 0.05) is 6.61 Å². The van der Waals surface area contributed by atoms with E-state index in [0.717, 1.165) is 6.42 Å². The molecule has 0 fully saturated rings. The first-order valence-corrected chi connectivity index (χ1v) is 6.42.